The molecule has 4 rings (SSSR count). The van der Waals surface area contributed by atoms with Gasteiger partial charge in [-0.1, -0.05) is 36.4 Å². The van der Waals surface area contributed by atoms with Crippen molar-refractivity contribution in [2.75, 3.05) is 7.11 Å². The van der Waals surface area contributed by atoms with Crippen LogP contribution in [0.15, 0.2) is 42.5 Å². The van der Waals surface area contributed by atoms with E-state index in [0.717, 1.165) is 28.6 Å². The quantitative estimate of drug-likeness (QED) is 0.651. The van der Waals surface area contributed by atoms with E-state index in [1.165, 1.54) is 23.8 Å². The van der Waals surface area contributed by atoms with Gasteiger partial charge in [0.1, 0.15) is 0 Å². The molecule has 0 N–H and O–H groups in total. The molecule has 0 aliphatic heterocycles. The molecule has 3 aromatic rings. The van der Waals surface area contributed by atoms with Gasteiger partial charge in [0.2, 0.25) is 0 Å². The number of methoxy groups -OCH3 is 1. The summed E-state index contributed by atoms with van der Waals surface area (Å²) in [6.07, 6.45) is 5.19. The number of carbonyl (C=O) groups is 1. The smallest absolute Gasteiger partial charge is 0.338 e. The standard InChI is InChI=1S/C21H19NO2/c1-13-15-10-7-11-18-19(15)17(12-16(13)21(23)24-3)20(22(18)2)14-8-5-4-6-9-14/h4-9,11-12H,10H2,1-3H3. The van der Waals surface area contributed by atoms with Gasteiger partial charge in [-0.05, 0) is 42.2 Å². The summed E-state index contributed by atoms with van der Waals surface area (Å²) in [6, 6.07) is 12.3. The lowest BCUT2D eigenvalue weighted by atomic mass is 9.90. The van der Waals surface area contributed by atoms with E-state index in [9.17, 15) is 4.79 Å². The van der Waals surface area contributed by atoms with Crippen molar-refractivity contribution < 1.29 is 9.53 Å². The number of allylic oxidation sites excluding steroid dienone is 1. The van der Waals surface area contributed by atoms with Gasteiger partial charge >= 0.3 is 5.97 Å². The van der Waals surface area contributed by atoms with Crippen molar-refractivity contribution in [2.45, 2.75) is 13.3 Å². The molecule has 0 fully saturated rings. The molecular weight excluding hydrogens is 298 g/mol. The Kier molecular flexibility index (Phi) is 3.31. The molecule has 3 heteroatoms. The minimum atomic E-state index is -0.274. The fourth-order valence-corrected chi connectivity index (χ4v) is 3.79. The van der Waals surface area contributed by atoms with Gasteiger partial charge < -0.3 is 9.30 Å². The lowest BCUT2D eigenvalue weighted by molar-refractivity contribution is 0.0600. The Bertz CT molecular complexity index is 994. The number of carbonyl (C=O) groups excluding carboxylic acids is 1. The molecule has 0 unspecified atom stereocenters. The molecule has 3 nitrogen and oxygen atoms in total. The summed E-state index contributed by atoms with van der Waals surface area (Å²) in [6.45, 7) is 2.01. The Morgan fingerprint density at radius 3 is 2.67 bits per heavy atom. The molecule has 1 aromatic heterocycles. The average molecular weight is 317 g/mol. The van der Waals surface area contributed by atoms with Gasteiger partial charge in [-0.3, -0.25) is 0 Å². The lowest BCUT2D eigenvalue weighted by Crippen LogP contribution is -2.07. The maximum Gasteiger partial charge on any atom is 0.338 e. The first-order valence-electron chi connectivity index (χ1n) is 8.08. The van der Waals surface area contributed by atoms with Gasteiger partial charge in [0.15, 0.2) is 0 Å². The summed E-state index contributed by atoms with van der Waals surface area (Å²) in [5.74, 6) is -0.274. The number of hydrogen-bond acceptors (Lipinski definition) is 2. The molecule has 0 radical (unpaired) electrons. The number of esters is 1. The van der Waals surface area contributed by atoms with Crippen molar-refractivity contribution >= 4 is 22.8 Å². The van der Waals surface area contributed by atoms with Crippen LogP contribution in [-0.2, 0) is 18.2 Å². The van der Waals surface area contributed by atoms with Gasteiger partial charge in [0, 0.05) is 23.5 Å². The Hall–Kier alpha value is -2.81. The minimum absolute atomic E-state index is 0.274. The van der Waals surface area contributed by atoms with E-state index >= 15 is 0 Å². The first-order valence-corrected chi connectivity index (χ1v) is 8.08. The van der Waals surface area contributed by atoms with E-state index in [1.807, 2.05) is 31.2 Å². The molecule has 0 spiro atoms. The minimum Gasteiger partial charge on any atom is -0.465 e. The van der Waals surface area contributed by atoms with E-state index in [4.69, 9.17) is 4.74 Å². The van der Waals surface area contributed by atoms with Gasteiger partial charge in [0.25, 0.3) is 0 Å². The van der Waals surface area contributed by atoms with E-state index in [0.29, 0.717) is 5.56 Å². The lowest BCUT2D eigenvalue weighted by Gasteiger charge is -2.14. The van der Waals surface area contributed by atoms with Crippen LogP contribution in [0.5, 0.6) is 0 Å². The molecule has 1 heterocycles. The average Bonchev–Trinajstić information content (AvgIpc) is 2.91. The summed E-state index contributed by atoms with van der Waals surface area (Å²) in [7, 11) is 3.52. The Morgan fingerprint density at radius 2 is 1.96 bits per heavy atom. The fourth-order valence-electron chi connectivity index (χ4n) is 3.79. The predicted octanol–water partition coefficient (Wildman–Crippen LogP) is 4.51. The second kappa shape index (κ2) is 5.38. The predicted molar refractivity (Wildman–Crippen MR) is 97.2 cm³/mol. The SMILES string of the molecule is COC(=O)c1cc2c(-c3ccccc3)n(C)c3c2c(c1C)CC=C3. The topological polar surface area (TPSA) is 31.2 Å². The van der Waals surface area contributed by atoms with Crippen LogP contribution in [0.2, 0.25) is 0 Å². The van der Waals surface area contributed by atoms with Gasteiger partial charge in [-0.25, -0.2) is 4.79 Å². The largest absolute Gasteiger partial charge is 0.465 e. The van der Waals surface area contributed by atoms with Crippen molar-refractivity contribution in [3.05, 3.63) is 64.9 Å². The van der Waals surface area contributed by atoms with Crippen LogP contribution in [-0.4, -0.2) is 17.6 Å². The number of ether oxygens (including phenoxy) is 1. The van der Waals surface area contributed by atoms with Crippen molar-refractivity contribution in [1.82, 2.24) is 4.57 Å². The third-order valence-corrected chi connectivity index (χ3v) is 4.97. The van der Waals surface area contributed by atoms with Crippen molar-refractivity contribution in [3.8, 4) is 11.3 Å². The number of aromatic nitrogens is 1. The molecule has 0 amide bonds. The van der Waals surface area contributed by atoms with Crippen LogP contribution in [0.25, 0.3) is 28.1 Å². The van der Waals surface area contributed by atoms with Crippen LogP contribution in [0.4, 0.5) is 0 Å². The Morgan fingerprint density at radius 1 is 1.21 bits per heavy atom. The molecule has 0 bridgehead atoms. The van der Waals surface area contributed by atoms with Crippen LogP contribution < -0.4 is 0 Å². The molecule has 1 aliphatic carbocycles. The molecular formula is C21H19NO2. The number of nitrogens with zero attached hydrogens (tertiary/aromatic N) is 1. The first-order chi connectivity index (χ1) is 11.6. The first kappa shape index (κ1) is 14.8. The zero-order chi connectivity index (χ0) is 16.8. The maximum absolute atomic E-state index is 12.3. The summed E-state index contributed by atoms with van der Waals surface area (Å²) in [5.41, 5.74) is 6.39. The van der Waals surface area contributed by atoms with Crippen molar-refractivity contribution in [1.29, 1.82) is 0 Å². The van der Waals surface area contributed by atoms with E-state index in [1.54, 1.807) is 0 Å². The van der Waals surface area contributed by atoms with E-state index < -0.39 is 0 Å². The summed E-state index contributed by atoms with van der Waals surface area (Å²) < 4.78 is 7.22. The molecule has 1 aliphatic rings. The highest BCUT2D eigenvalue weighted by atomic mass is 16.5. The van der Waals surface area contributed by atoms with Crippen LogP contribution >= 0.6 is 0 Å². The van der Waals surface area contributed by atoms with Crippen LogP contribution in [0, 0.1) is 6.92 Å². The maximum atomic E-state index is 12.3. The molecule has 0 saturated heterocycles. The third-order valence-electron chi connectivity index (χ3n) is 4.97. The molecule has 120 valence electrons. The highest BCUT2D eigenvalue weighted by Crippen LogP contribution is 2.40. The second-order valence-corrected chi connectivity index (χ2v) is 6.21. The Balaban J connectivity index is 2.15. The highest BCUT2D eigenvalue weighted by molar-refractivity contribution is 6.08. The number of hydrogen-bond donors (Lipinski definition) is 0. The summed E-state index contributed by atoms with van der Waals surface area (Å²) in [5, 5.41) is 2.37. The van der Waals surface area contributed by atoms with Crippen molar-refractivity contribution in [3.63, 3.8) is 0 Å². The molecule has 24 heavy (non-hydrogen) atoms. The third kappa shape index (κ3) is 1.94. The number of rotatable bonds is 2. The monoisotopic (exact) mass is 317 g/mol. The van der Waals surface area contributed by atoms with Crippen LogP contribution in [0.1, 0.15) is 27.2 Å². The van der Waals surface area contributed by atoms with Gasteiger partial charge in [0.05, 0.1) is 18.4 Å². The molecule has 2 aromatic carbocycles. The molecule has 0 atom stereocenters. The van der Waals surface area contributed by atoms with E-state index in [2.05, 4.69) is 35.9 Å². The zero-order valence-corrected chi connectivity index (χ0v) is 14.1. The summed E-state index contributed by atoms with van der Waals surface area (Å²) >= 11 is 0. The summed E-state index contributed by atoms with van der Waals surface area (Å²) in [4.78, 5) is 12.3. The number of benzene rings is 2. The van der Waals surface area contributed by atoms with Gasteiger partial charge in [-0.15, -0.1) is 0 Å². The normalized spacial score (nSPS) is 12.6. The van der Waals surface area contributed by atoms with Crippen molar-refractivity contribution in [2.24, 2.45) is 7.05 Å². The van der Waals surface area contributed by atoms with Gasteiger partial charge in [-0.2, -0.15) is 0 Å². The molecule has 0 saturated carbocycles. The van der Waals surface area contributed by atoms with Crippen LogP contribution in [0.3, 0.4) is 0 Å². The Labute approximate surface area is 141 Å². The fraction of sp³-hybridized carbons (Fsp3) is 0.190. The highest BCUT2D eigenvalue weighted by Gasteiger charge is 2.24. The van der Waals surface area contributed by atoms with E-state index in [-0.39, 0.29) is 5.97 Å². The zero-order valence-electron chi connectivity index (χ0n) is 14.1. The second-order valence-electron chi connectivity index (χ2n) is 6.21.